The van der Waals surface area contributed by atoms with Crippen LogP contribution in [0.15, 0.2) is 21.6 Å². The molecule has 0 fully saturated rings. The molecule has 0 radical (unpaired) electrons. The van der Waals surface area contributed by atoms with Crippen molar-refractivity contribution in [3.8, 4) is 0 Å². The maximum atomic E-state index is 11.6. The second-order valence-corrected chi connectivity index (χ2v) is 7.12. The van der Waals surface area contributed by atoms with Crippen molar-refractivity contribution in [3.05, 3.63) is 16.7 Å². The van der Waals surface area contributed by atoms with Gasteiger partial charge in [-0.1, -0.05) is 0 Å². The number of halogens is 1. The van der Waals surface area contributed by atoms with Crippen molar-refractivity contribution in [1.82, 2.24) is 4.98 Å². The molecule has 106 valence electrons. The van der Waals surface area contributed by atoms with Crippen LogP contribution in [0.1, 0.15) is 20.8 Å². The third-order valence-corrected chi connectivity index (χ3v) is 3.10. The van der Waals surface area contributed by atoms with Gasteiger partial charge < -0.3 is 4.74 Å². The summed E-state index contributed by atoms with van der Waals surface area (Å²) in [7, 11) is -4.01. The number of nitrogens with one attached hydrogen (secondary N) is 1. The van der Waals surface area contributed by atoms with E-state index < -0.39 is 21.7 Å². The Morgan fingerprint density at radius 1 is 1.47 bits per heavy atom. The minimum atomic E-state index is -4.01. The second kappa shape index (κ2) is 5.43. The van der Waals surface area contributed by atoms with E-state index in [9.17, 15) is 13.2 Å². The van der Waals surface area contributed by atoms with E-state index in [1.807, 2.05) is 0 Å². The van der Waals surface area contributed by atoms with Crippen LogP contribution in [-0.2, 0) is 14.8 Å². The number of anilines is 1. The highest BCUT2D eigenvalue weighted by atomic mass is 79.9. The second-order valence-electron chi connectivity index (χ2n) is 4.67. The third-order valence-electron chi connectivity index (χ3n) is 1.75. The molecule has 0 aliphatic carbocycles. The number of nitrogens with zero attached hydrogens (tertiary/aromatic N) is 1. The first-order valence-electron chi connectivity index (χ1n) is 5.17. The van der Waals surface area contributed by atoms with Gasteiger partial charge in [0.2, 0.25) is 10.0 Å². The van der Waals surface area contributed by atoms with Crippen molar-refractivity contribution in [2.45, 2.75) is 31.3 Å². The number of aromatic nitrogens is 1. The van der Waals surface area contributed by atoms with Crippen LogP contribution in [0.25, 0.3) is 0 Å². The fourth-order valence-corrected chi connectivity index (χ4v) is 2.28. The topological polar surface area (TPSA) is 111 Å². The lowest BCUT2D eigenvalue weighted by atomic mass is 10.2. The monoisotopic (exact) mass is 351 g/mol. The lowest BCUT2D eigenvalue weighted by molar-refractivity contribution is 0.0635. The Kier molecular flexibility index (Phi) is 4.54. The van der Waals surface area contributed by atoms with Gasteiger partial charge in [-0.05, 0) is 42.8 Å². The van der Waals surface area contributed by atoms with Crippen LogP contribution >= 0.6 is 15.9 Å². The van der Waals surface area contributed by atoms with Crippen molar-refractivity contribution in [1.29, 1.82) is 0 Å². The molecule has 0 bridgehead atoms. The van der Waals surface area contributed by atoms with Crippen molar-refractivity contribution in [2.24, 2.45) is 5.14 Å². The summed E-state index contributed by atoms with van der Waals surface area (Å²) in [5.74, 6) is -0.181. The van der Waals surface area contributed by atoms with Gasteiger partial charge in [0.15, 0.2) is 5.82 Å². The van der Waals surface area contributed by atoms with E-state index in [0.29, 0.717) is 4.47 Å². The number of amides is 1. The minimum Gasteiger partial charge on any atom is -0.444 e. The van der Waals surface area contributed by atoms with Crippen molar-refractivity contribution < 1.29 is 17.9 Å². The van der Waals surface area contributed by atoms with Gasteiger partial charge in [-0.25, -0.2) is 23.3 Å². The molecule has 1 aromatic rings. The molecule has 0 atom stereocenters. The van der Waals surface area contributed by atoms with Crippen LogP contribution in [0, 0.1) is 0 Å². The molecule has 0 aromatic carbocycles. The SMILES string of the molecule is CC(C)(C)OC(=O)Nc1ncc(Br)cc1S(N)(=O)=O. The number of hydrogen-bond donors (Lipinski definition) is 2. The standard InChI is InChI=1S/C10H14BrN3O4S/c1-10(2,3)18-9(15)14-8-7(19(12,16)17)4-6(11)5-13-8/h4-5H,1-3H3,(H2,12,16,17)(H,13,14,15). The molecule has 3 N–H and O–H groups in total. The average molecular weight is 352 g/mol. The molecule has 1 rings (SSSR count). The lowest BCUT2D eigenvalue weighted by Gasteiger charge is -2.19. The molecule has 19 heavy (non-hydrogen) atoms. The van der Waals surface area contributed by atoms with Gasteiger partial charge in [-0.3, -0.25) is 5.32 Å². The summed E-state index contributed by atoms with van der Waals surface area (Å²) in [5.41, 5.74) is -0.707. The zero-order valence-electron chi connectivity index (χ0n) is 10.6. The summed E-state index contributed by atoms with van der Waals surface area (Å²) in [4.78, 5) is 15.1. The van der Waals surface area contributed by atoms with Crippen molar-refractivity contribution >= 4 is 37.9 Å². The molecule has 0 unspecified atom stereocenters. The summed E-state index contributed by atoms with van der Waals surface area (Å²) in [6.07, 6.45) is 0.522. The van der Waals surface area contributed by atoms with Crippen molar-refractivity contribution in [2.75, 3.05) is 5.32 Å². The molecule has 0 spiro atoms. The largest absolute Gasteiger partial charge is 0.444 e. The van der Waals surface area contributed by atoms with Gasteiger partial charge in [-0.15, -0.1) is 0 Å². The molecule has 9 heteroatoms. The van der Waals surface area contributed by atoms with Crippen LogP contribution in [0.5, 0.6) is 0 Å². The first-order valence-corrected chi connectivity index (χ1v) is 7.51. The van der Waals surface area contributed by atoms with Gasteiger partial charge >= 0.3 is 6.09 Å². The quantitative estimate of drug-likeness (QED) is 0.844. The number of carbonyl (C=O) groups excluding carboxylic acids is 1. The number of hydrogen-bond acceptors (Lipinski definition) is 5. The molecule has 1 amide bonds. The number of rotatable bonds is 2. The smallest absolute Gasteiger partial charge is 0.413 e. The van der Waals surface area contributed by atoms with E-state index in [-0.39, 0.29) is 10.7 Å². The molecule has 1 aromatic heterocycles. The van der Waals surface area contributed by atoms with Gasteiger partial charge in [0.25, 0.3) is 0 Å². The highest BCUT2D eigenvalue weighted by molar-refractivity contribution is 9.10. The summed E-state index contributed by atoms with van der Waals surface area (Å²) in [6, 6.07) is 1.25. The van der Waals surface area contributed by atoms with Gasteiger partial charge in [0.1, 0.15) is 10.5 Å². The first-order chi connectivity index (χ1) is 8.49. The van der Waals surface area contributed by atoms with Gasteiger partial charge in [0.05, 0.1) is 0 Å². The fraction of sp³-hybridized carbons (Fsp3) is 0.400. The predicted molar refractivity (Wildman–Crippen MR) is 73.2 cm³/mol. The number of pyridine rings is 1. The molecule has 0 saturated heterocycles. The molecule has 0 saturated carbocycles. The zero-order chi connectivity index (χ0) is 14.8. The Balaban J connectivity index is 3.06. The molecule has 7 nitrogen and oxygen atoms in total. The molecular weight excluding hydrogens is 338 g/mol. The Hall–Kier alpha value is -1.19. The summed E-state index contributed by atoms with van der Waals surface area (Å²) in [6.45, 7) is 5.05. The highest BCUT2D eigenvalue weighted by Gasteiger charge is 2.21. The highest BCUT2D eigenvalue weighted by Crippen LogP contribution is 2.22. The van der Waals surface area contributed by atoms with Gasteiger partial charge in [-0.2, -0.15) is 0 Å². The fourth-order valence-electron chi connectivity index (χ4n) is 1.13. The Morgan fingerprint density at radius 3 is 2.53 bits per heavy atom. The third kappa shape index (κ3) is 5.13. The lowest BCUT2D eigenvalue weighted by Crippen LogP contribution is -2.28. The number of ether oxygens (including phenoxy) is 1. The Morgan fingerprint density at radius 2 is 2.05 bits per heavy atom. The summed E-state index contributed by atoms with van der Waals surface area (Å²) < 4.78 is 28.2. The number of sulfonamides is 1. The maximum Gasteiger partial charge on any atom is 0.413 e. The molecular formula is C10H14BrN3O4S. The predicted octanol–water partition coefficient (Wildman–Crippen LogP) is 1.84. The van der Waals surface area contributed by atoms with E-state index >= 15 is 0 Å². The maximum absolute atomic E-state index is 11.6. The molecule has 1 heterocycles. The summed E-state index contributed by atoms with van der Waals surface area (Å²) >= 11 is 3.08. The van der Waals surface area contributed by atoms with E-state index in [0.717, 1.165) is 0 Å². The summed E-state index contributed by atoms with van der Waals surface area (Å²) in [5, 5.41) is 7.30. The van der Waals surface area contributed by atoms with Crippen LogP contribution in [0.3, 0.4) is 0 Å². The van der Waals surface area contributed by atoms with Crippen LogP contribution in [-0.4, -0.2) is 25.1 Å². The minimum absolute atomic E-state index is 0.181. The molecule has 0 aliphatic rings. The Bertz CT molecular complexity index is 595. The number of carbonyl (C=O) groups is 1. The Labute approximate surface area is 119 Å². The van der Waals surface area contributed by atoms with Crippen LogP contribution in [0.2, 0.25) is 0 Å². The van der Waals surface area contributed by atoms with E-state index in [1.165, 1.54) is 12.3 Å². The molecule has 0 aliphatic heterocycles. The zero-order valence-corrected chi connectivity index (χ0v) is 13.0. The van der Waals surface area contributed by atoms with E-state index in [4.69, 9.17) is 9.88 Å². The van der Waals surface area contributed by atoms with E-state index in [2.05, 4.69) is 26.2 Å². The normalized spacial score (nSPS) is 12.1. The van der Waals surface area contributed by atoms with E-state index in [1.54, 1.807) is 20.8 Å². The number of nitrogens with two attached hydrogens (primary N) is 1. The van der Waals surface area contributed by atoms with Crippen molar-refractivity contribution in [3.63, 3.8) is 0 Å². The number of primary sulfonamides is 1. The average Bonchev–Trinajstić information content (AvgIpc) is 2.16. The van der Waals surface area contributed by atoms with Crippen LogP contribution < -0.4 is 10.5 Å². The first kappa shape index (κ1) is 15.9. The van der Waals surface area contributed by atoms with Crippen LogP contribution in [0.4, 0.5) is 10.6 Å². The van der Waals surface area contributed by atoms with Gasteiger partial charge in [0, 0.05) is 10.7 Å².